The van der Waals surface area contributed by atoms with Crippen LogP contribution in [0.5, 0.6) is 0 Å². The Morgan fingerprint density at radius 2 is 2.15 bits per heavy atom. The van der Waals surface area contributed by atoms with Gasteiger partial charge in [-0.2, -0.15) is 0 Å². The van der Waals surface area contributed by atoms with E-state index in [1.807, 2.05) is 31.2 Å². The molecule has 4 heteroatoms. The summed E-state index contributed by atoms with van der Waals surface area (Å²) in [4.78, 5) is 14.7. The molecule has 0 radical (unpaired) electrons. The van der Waals surface area contributed by atoms with Crippen molar-refractivity contribution < 1.29 is 4.79 Å². The molecule has 1 amide bonds. The van der Waals surface area contributed by atoms with Crippen molar-refractivity contribution in [3.05, 3.63) is 29.8 Å². The molecule has 1 unspecified atom stereocenters. The second-order valence-corrected chi connectivity index (χ2v) is 5.33. The van der Waals surface area contributed by atoms with Crippen LogP contribution in [0.25, 0.3) is 0 Å². The van der Waals surface area contributed by atoms with E-state index < -0.39 is 0 Å². The highest BCUT2D eigenvalue weighted by Gasteiger charge is 2.21. The van der Waals surface area contributed by atoms with Crippen LogP contribution in [0.3, 0.4) is 0 Å². The predicted octanol–water partition coefficient (Wildman–Crippen LogP) is 2.19. The Morgan fingerprint density at radius 1 is 1.35 bits per heavy atom. The van der Waals surface area contributed by atoms with E-state index in [4.69, 9.17) is 0 Å². The first kappa shape index (κ1) is 14.9. The molecule has 1 aliphatic heterocycles. The highest BCUT2D eigenvalue weighted by atomic mass is 16.1. The third-order valence-electron chi connectivity index (χ3n) is 3.91. The SMILES string of the molecule is CCNc1ccccc1C(=O)NCC1CCN(CC)C1. The maximum absolute atomic E-state index is 12.3. The monoisotopic (exact) mass is 275 g/mol. The largest absolute Gasteiger partial charge is 0.385 e. The van der Waals surface area contributed by atoms with E-state index in [2.05, 4.69) is 22.5 Å². The molecular formula is C16H25N3O. The molecule has 110 valence electrons. The lowest BCUT2D eigenvalue weighted by molar-refractivity contribution is 0.0948. The Balaban J connectivity index is 1.89. The van der Waals surface area contributed by atoms with Gasteiger partial charge < -0.3 is 15.5 Å². The van der Waals surface area contributed by atoms with Gasteiger partial charge in [-0.05, 0) is 44.5 Å². The van der Waals surface area contributed by atoms with Gasteiger partial charge in [0.15, 0.2) is 0 Å². The number of hydrogen-bond acceptors (Lipinski definition) is 3. The first-order valence-electron chi connectivity index (χ1n) is 7.58. The van der Waals surface area contributed by atoms with Gasteiger partial charge in [0.05, 0.1) is 5.56 Å². The standard InChI is InChI=1S/C16H25N3O/c1-3-17-15-8-6-5-7-14(15)16(20)18-11-13-9-10-19(4-2)12-13/h5-8,13,17H,3-4,9-12H2,1-2H3,(H,18,20). The zero-order valence-corrected chi connectivity index (χ0v) is 12.5. The van der Waals surface area contributed by atoms with Gasteiger partial charge in [-0.25, -0.2) is 0 Å². The number of nitrogens with one attached hydrogen (secondary N) is 2. The summed E-state index contributed by atoms with van der Waals surface area (Å²) in [5, 5.41) is 6.31. The average Bonchev–Trinajstić information content (AvgIpc) is 2.94. The minimum atomic E-state index is 0.0245. The van der Waals surface area contributed by atoms with E-state index in [0.717, 1.165) is 44.0 Å². The highest BCUT2D eigenvalue weighted by molar-refractivity contribution is 5.99. The molecule has 1 heterocycles. The molecule has 0 spiro atoms. The third-order valence-corrected chi connectivity index (χ3v) is 3.91. The van der Waals surface area contributed by atoms with Crippen LogP contribution < -0.4 is 10.6 Å². The summed E-state index contributed by atoms with van der Waals surface area (Å²) in [6, 6.07) is 7.68. The van der Waals surface area contributed by atoms with Crippen LogP contribution in [0, 0.1) is 5.92 Å². The molecule has 4 nitrogen and oxygen atoms in total. The molecule has 2 rings (SSSR count). The smallest absolute Gasteiger partial charge is 0.253 e. The molecule has 1 aromatic rings. The van der Waals surface area contributed by atoms with Crippen LogP contribution in [0.15, 0.2) is 24.3 Å². The lowest BCUT2D eigenvalue weighted by Crippen LogP contribution is -2.31. The summed E-state index contributed by atoms with van der Waals surface area (Å²) in [5.41, 5.74) is 1.65. The molecule has 0 aromatic heterocycles. The molecule has 1 fully saturated rings. The van der Waals surface area contributed by atoms with Crippen molar-refractivity contribution >= 4 is 11.6 Å². The van der Waals surface area contributed by atoms with E-state index in [-0.39, 0.29) is 5.91 Å². The number of nitrogens with zero attached hydrogens (tertiary/aromatic N) is 1. The normalized spacial score (nSPS) is 19.0. The molecule has 20 heavy (non-hydrogen) atoms. The lowest BCUT2D eigenvalue weighted by Gasteiger charge is -2.15. The molecule has 1 aromatic carbocycles. The Bertz CT molecular complexity index is 447. The molecular weight excluding hydrogens is 250 g/mol. The fraction of sp³-hybridized carbons (Fsp3) is 0.562. The van der Waals surface area contributed by atoms with E-state index in [1.165, 1.54) is 6.42 Å². The van der Waals surface area contributed by atoms with Crippen LogP contribution in [0.4, 0.5) is 5.69 Å². The summed E-state index contributed by atoms with van der Waals surface area (Å²) < 4.78 is 0. The van der Waals surface area contributed by atoms with Gasteiger partial charge in [0.2, 0.25) is 0 Å². The zero-order chi connectivity index (χ0) is 14.4. The van der Waals surface area contributed by atoms with Crippen LogP contribution in [0.2, 0.25) is 0 Å². The summed E-state index contributed by atoms with van der Waals surface area (Å²) in [5.74, 6) is 0.613. The maximum Gasteiger partial charge on any atom is 0.253 e. The number of hydrogen-bond donors (Lipinski definition) is 2. The molecule has 1 atom stereocenters. The first-order chi connectivity index (χ1) is 9.74. The van der Waals surface area contributed by atoms with Crippen LogP contribution >= 0.6 is 0 Å². The first-order valence-corrected chi connectivity index (χ1v) is 7.58. The molecule has 2 N–H and O–H groups in total. The van der Waals surface area contributed by atoms with E-state index in [9.17, 15) is 4.79 Å². The van der Waals surface area contributed by atoms with Crippen molar-refractivity contribution in [3.63, 3.8) is 0 Å². The topological polar surface area (TPSA) is 44.4 Å². The van der Waals surface area contributed by atoms with E-state index in [0.29, 0.717) is 5.92 Å². The quantitative estimate of drug-likeness (QED) is 0.836. The molecule has 0 bridgehead atoms. The van der Waals surface area contributed by atoms with E-state index >= 15 is 0 Å². The van der Waals surface area contributed by atoms with Crippen LogP contribution in [-0.2, 0) is 0 Å². The lowest BCUT2D eigenvalue weighted by atomic mass is 10.1. The minimum Gasteiger partial charge on any atom is -0.385 e. The van der Waals surface area contributed by atoms with Crippen LogP contribution in [-0.4, -0.2) is 43.5 Å². The number of benzene rings is 1. The van der Waals surface area contributed by atoms with Gasteiger partial charge in [0, 0.05) is 25.3 Å². The number of rotatable bonds is 6. The van der Waals surface area contributed by atoms with Crippen molar-refractivity contribution in [1.29, 1.82) is 0 Å². The van der Waals surface area contributed by atoms with Crippen molar-refractivity contribution in [2.24, 2.45) is 5.92 Å². The Kier molecular flexibility index (Phi) is 5.41. The number of para-hydroxylation sites is 1. The second-order valence-electron chi connectivity index (χ2n) is 5.33. The number of likely N-dealkylation sites (tertiary alicyclic amines) is 1. The number of amides is 1. The Morgan fingerprint density at radius 3 is 2.85 bits per heavy atom. The van der Waals surface area contributed by atoms with Gasteiger partial charge in [0.1, 0.15) is 0 Å². The number of carbonyl (C=O) groups is 1. The van der Waals surface area contributed by atoms with Crippen molar-refractivity contribution in [2.75, 3.05) is 38.0 Å². The van der Waals surface area contributed by atoms with E-state index in [1.54, 1.807) is 0 Å². The van der Waals surface area contributed by atoms with Crippen molar-refractivity contribution in [3.8, 4) is 0 Å². The minimum absolute atomic E-state index is 0.0245. The fourth-order valence-corrected chi connectivity index (χ4v) is 2.72. The zero-order valence-electron chi connectivity index (χ0n) is 12.5. The maximum atomic E-state index is 12.3. The summed E-state index contributed by atoms with van der Waals surface area (Å²) >= 11 is 0. The molecule has 0 saturated carbocycles. The fourth-order valence-electron chi connectivity index (χ4n) is 2.72. The molecule has 1 aliphatic rings. The van der Waals surface area contributed by atoms with Gasteiger partial charge in [-0.1, -0.05) is 19.1 Å². The predicted molar refractivity (Wildman–Crippen MR) is 83.2 cm³/mol. The van der Waals surface area contributed by atoms with Crippen LogP contribution in [0.1, 0.15) is 30.6 Å². The summed E-state index contributed by atoms with van der Waals surface area (Å²) in [6.07, 6.45) is 1.18. The third kappa shape index (κ3) is 3.73. The Labute approximate surface area is 121 Å². The number of anilines is 1. The van der Waals surface area contributed by atoms with Gasteiger partial charge in [0.25, 0.3) is 5.91 Å². The number of carbonyl (C=O) groups excluding carboxylic acids is 1. The molecule has 0 aliphatic carbocycles. The average molecular weight is 275 g/mol. The Hall–Kier alpha value is -1.55. The van der Waals surface area contributed by atoms with Crippen molar-refractivity contribution in [2.45, 2.75) is 20.3 Å². The highest BCUT2D eigenvalue weighted by Crippen LogP contribution is 2.17. The van der Waals surface area contributed by atoms with Gasteiger partial charge in [-0.3, -0.25) is 4.79 Å². The van der Waals surface area contributed by atoms with Gasteiger partial charge >= 0.3 is 0 Å². The van der Waals surface area contributed by atoms with Gasteiger partial charge in [-0.15, -0.1) is 0 Å². The van der Waals surface area contributed by atoms with Crippen molar-refractivity contribution in [1.82, 2.24) is 10.2 Å². The summed E-state index contributed by atoms with van der Waals surface area (Å²) in [6.45, 7) is 9.18. The molecule has 1 saturated heterocycles. The second kappa shape index (κ2) is 7.29. The summed E-state index contributed by atoms with van der Waals surface area (Å²) in [7, 11) is 0.